The minimum atomic E-state index is 0.0145. The maximum absolute atomic E-state index is 12.8. The van der Waals surface area contributed by atoms with Crippen molar-refractivity contribution < 1.29 is 4.79 Å². The van der Waals surface area contributed by atoms with Crippen LogP contribution in [0, 0.1) is 11.8 Å². The molecule has 0 spiro atoms. The number of aromatic nitrogens is 1. The summed E-state index contributed by atoms with van der Waals surface area (Å²) in [6.45, 7) is 3.74. The fraction of sp³-hybridized carbons (Fsp3) is 0.600. The number of anilines is 1. The SMILES string of the molecule is CCN(C(=O)C1NCC2CCCC21)c1ccncc1. The first kappa shape index (κ1) is 12.6. The standard InChI is InChI=1S/C15H21N3O/c1-2-18(12-6-8-16-9-7-12)15(19)14-13-5-3-4-11(13)10-17-14/h6-9,11,13-14,17H,2-5,10H2,1H3. The lowest BCUT2D eigenvalue weighted by Crippen LogP contribution is -2.46. The monoisotopic (exact) mass is 259 g/mol. The molecule has 3 rings (SSSR count). The van der Waals surface area contributed by atoms with Crippen molar-refractivity contribution in [1.29, 1.82) is 0 Å². The van der Waals surface area contributed by atoms with Crippen molar-refractivity contribution in [3.63, 3.8) is 0 Å². The second-order valence-corrected chi connectivity index (χ2v) is 5.53. The maximum atomic E-state index is 12.8. The van der Waals surface area contributed by atoms with Gasteiger partial charge in [-0.05, 0) is 50.3 Å². The average Bonchev–Trinajstić information content (AvgIpc) is 3.03. The van der Waals surface area contributed by atoms with Gasteiger partial charge in [-0.15, -0.1) is 0 Å². The van der Waals surface area contributed by atoms with Crippen LogP contribution >= 0.6 is 0 Å². The van der Waals surface area contributed by atoms with E-state index >= 15 is 0 Å². The summed E-state index contributed by atoms with van der Waals surface area (Å²) in [4.78, 5) is 18.7. The number of amides is 1. The number of carbonyl (C=O) groups excluding carboxylic acids is 1. The highest BCUT2D eigenvalue weighted by atomic mass is 16.2. The van der Waals surface area contributed by atoms with Crippen LogP contribution < -0.4 is 10.2 Å². The predicted octanol–water partition coefficient (Wildman–Crippen LogP) is 1.82. The van der Waals surface area contributed by atoms with E-state index in [1.807, 2.05) is 24.0 Å². The molecule has 19 heavy (non-hydrogen) atoms. The Hall–Kier alpha value is -1.42. The van der Waals surface area contributed by atoms with Crippen LogP contribution in [0.25, 0.3) is 0 Å². The Bertz CT molecular complexity index is 448. The summed E-state index contributed by atoms with van der Waals surface area (Å²) in [5.41, 5.74) is 0.950. The van der Waals surface area contributed by atoms with Crippen LogP contribution in [-0.2, 0) is 4.79 Å². The van der Waals surface area contributed by atoms with Gasteiger partial charge >= 0.3 is 0 Å². The van der Waals surface area contributed by atoms with Gasteiger partial charge in [0.1, 0.15) is 0 Å². The van der Waals surface area contributed by atoms with Crippen LogP contribution in [0.2, 0.25) is 0 Å². The number of nitrogens with one attached hydrogen (secondary N) is 1. The molecule has 1 saturated heterocycles. The lowest BCUT2D eigenvalue weighted by molar-refractivity contribution is -0.121. The molecule has 3 unspecified atom stereocenters. The zero-order chi connectivity index (χ0) is 13.2. The van der Waals surface area contributed by atoms with E-state index in [9.17, 15) is 4.79 Å². The van der Waals surface area contributed by atoms with Crippen LogP contribution in [0.3, 0.4) is 0 Å². The molecule has 1 aromatic heterocycles. The number of likely N-dealkylation sites (N-methyl/N-ethyl adjacent to an activating group) is 1. The van der Waals surface area contributed by atoms with Gasteiger partial charge in [-0.3, -0.25) is 9.78 Å². The summed E-state index contributed by atoms with van der Waals surface area (Å²) < 4.78 is 0. The Labute approximate surface area is 114 Å². The highest BCUT2D eigenvalue weighted by molar-refractivity contribution is 5.97. The fourth-order valence-electron chi connectivity index (χ4n) is 3.62. The average molecular weight is 259 g/mol. The third kappa shape index (κ3) is 2.25. The molecular weight excluding hydrogens is 238 g/mol. The second kappa shape index (κ2) is 5.29. The predicted molar refractivity (Wildman–Crippen MR) is 74.9 cm³/mol. The van der Waals surface area contributed by atoms with E-state index in [2.05, 4.69) is 10.3 Å². The van der Waals surface area contributed by atoms with E-state index in [1.165, 1.54) is 19.3 Å². The molecular formula is C15H21N3O. The molecule has 1 amide bonds. The van der Waals surface area contributed by atoms with Gasteiger partial charge in [0, 0.05) is 24.6 Å². The normalized spacial score (nSPS) is 29.2. The number of hydrogen-bond donors (Lipinski definition) is 1. The van der Waals surface area contributed by atoms with Crippen molar-refractivity contribution in [1.82, 2.24) is 10.3 Å². The van der Waals surface area contributed by atoms with Gasteiger partial charge in [0.25, 0.3) is 0 Å². The van der Waals surface area contributed by atoms with Crippen LogP contribution in [-0.4, -0.2) is 30.0 Å². The van der Waals surface area contributed by atoms with Crippen molar-refractivity contribution >= 4 is 11.6 Å². The van der Waals surface area contributed by atoms with Crippen molar-refractivity contribution in [2.45, 2.75) is 32.2 Å². The van der Waals surface area contributed by atoms with Crippen LogP contribution in [0.15, 0.2) is 24.5 Å². The van der Waals surface area contributed by atoms with Crippen molar-refractivity contribution in [3.05, 3.63) is 24.5 Å². The Morgan fingerprint density at radius 3 is 2.95 bits per heavy atom. The lowest BCUT2D eigenvalue weighted by Gasteiger charge is -2.27. The van der Waals surface area contributed by atoms with Gasteiger partial charge < -0.3 is 10.2 Å². The first-order chi connectivity index (χ1) is 9.31. The minimum Gasteiger partial charge on any atom is -0.311 e. The zero-order valence-corrected chi connectivity index (χ0v) is 11.4. The van der Waals surface area contributed by atoms with Crippen LogP contribution in [0.1, 0.15) is 26.2 Å². The fourth-order valence-corrected chi connectivity index (χ4v) is 3.62. The maximum Gasteiger partial charge on any atom is 0.244 e. The second-order valence-electron chi connectivity index (χ2n) is 5.53. The Balaban J connectivity index is 1.78. The third-order valence-electron chi connectivity index (χ3n) is 4.57. The summed E-state index contributed by atoms with van der Waals surface area (Å²) >= 11 is 0. The molecule has 0 aromatic carbocycles. The Morgan fingerprint density at radius 1 is 1.42 bits per heavy atom. The van der Waals surface area contributed by atoms with Gasteiger partial charge in [0.05, 0.1) is 6.04 Å². The smallest absolute Gasteiger partial charge is 0.244 e. The molecule has 102 valence electrons. The molecule has 1 N–H and O–H groups in total. The van der Waals surface area contributed by atoms with E-state index in [0.717, 1.165) is 12.2 Å². The van der Waals surface area contributed by atoms with E-state index in [0.29, 0.717) is 18.4 Å². The third-order valence-corrected chi connectivity index (χ3v) is 4.57. The number of nitrogens with zero attached hydrogens (tertiary/aromatic N) is 2. The van der Waals surface area contributed by atoms with Gasteiger partial charge in [0.2, 0.25) is 5.91 Å². The van der Waals surface area contributed by atoms with Crippen molar-refractivity contribution in [2.24, 2.45) is 11.8 Å². The van der Waals surface area contributed by atoms with Gasteiger partial charge in [0.15, 0.2) is 0 Å². The van der Waals surface area contributed by atoms with E-state index in [1.54, 1.807) is 12.4 Å². The molecule has 1 saturated carbocycles. The highest BCUT2D eigenvalue weighted by Gasteiger charge is 2.43. The summed E-state index contributed by atoms with van der Waals surface area (Å²) in [7, 11) is 0. The van der Waals surface area contributed by atoms with Gasteiger partial charge in [-0.25, -0.2) is 0 Å². The molecule has 3 atom stereocenters. The summed E-state index contributed by atoms with van der Waals surface area (Å²) in [5.74, 6) is 1.48. The van der Waals surface area contributed by atoms with Gasteiger partial charge in [-0.2, -0.15) is 0 Å². The number of hydrogen-bond acceptors (Lipinski definition) is 3. The molecule has 2 heterocycles. The quantitative estimate of drug-likeness (QED) is 0.900. The minimum absolute atomic E-state index is 0.0145. The Kier molecular flexibility index (Phi) is 3.51. The number of fused-ring (bicyclic) bond motifs is 1. The van der Waals surface area contributed by atoms with Crippen LogP contribution in [0.5, 0.6) is 0 Å². The lowest BCUT2D eigenvalue weighted by atomic mass is 9.93. The number of rotatable bonds is 3. The molecule has 1 aromatic rings. The topological polar surface area (TPSA) is 45.2 Å². The molecule has 1 aliphatic carbocycles. The number of pyridine rings is 1. The summed E-state index contributed by atoms with van der Waals surface area (Å²) in [5, 5.41) is 3.44. The molecule has 0 radical (unpaired) electrons. The first-order valence-corrected chi connectivity index (χ1v) is 7.26. The van der Waals surface area contributed by atoms with E-state index < -0.39 is 0 Å². The van der Waals surface area contributed by atoms with Crippen LogP contribution in [0.4, 0.5) is 5.69 Å². The van der Waals surface area contributed by atoms with Crippen molar-refractivity contribution in [2.75, 3.05) is 18.0 Å². The molecule has 2 fully saturated rings. The zero-order valence-electron chi connectivity index (χ0n) is 11.4. The molecule has 1 aliphatic heterocycles. The highest BCUT2D eigenvalue weighted by Crippen LogP contribution is 2.38. The summed E-state index contributed by atoms with van der Waals surface area (Å²) in [6.07, 6.45) is 7.24. The number of carbonyl (C=O) groups is 1. The molecule has 4 heteroatoms. The van der Waals surface area contributed by atoms with E-state index in [-0.39, 0.29) is 11.9 Å². The summed E-state index contributed by atoms with van der Waals surface area (Å²) in [6, 6.07) is 3.82. The molecule has 4 nitrogen and oxygen atoms in total. The van der Waals surface area contributed by atoms with Crippen molar-refractivity contribution in [3.8, 4) is 0 Å². The van der Waals surface area contributed by atoms with E-state index in [4.69, 9.17) is 0 Å². The first-order valence-electron chi connectivity index (χ1n) is 7.26. The molecule has 2 aliphatic rings. The van der Waals surface area contributed by atoms with Gasteiger partial charge in [-0.1, -0.05) is 6.42 Å². The Morgan fingerprint density at radius 2 is 2.21 bits per heavy atom. The molecule has 0 bridgehead atoms. The largest absolute Gasteiger partial charge is 0.311 e.